The fourth-order valence-electron chi connectivity index (χ4n) is 1.77. The molecule has 0 bridgehead atoms. The minimum absolute atomic E-state index is 0.129. The van der Waals surface area contributed by atoms with Gasteiger partial charge in [-0.05, 0) is 13.8 Å². The van der Waals surface area contributed by atoms with E-state index in [1.807, 2.05) is 0 Å². The second kappa shape index (κ2) is 3.15. The summed E-state index contributed by atoms with van der Waals surface area (Å²) in [5.41, 5.74) is -1.01. The van der Waals surface area contributed by atoms with Crippen molar-refractivity contribution in [3.8, 4) is 0 Å². The summed E-state index contributed by atoms with van der Waals surface area (Å²) in [7, 11) is 0. The summed E-state index contributed by atoms with van der Waals surface area (Å²) in [6.07, 6.45) is -2.60. The van der Waals surface area contributed by atoms with E-state index < -0.39 is 29.4 Å². The van der Waals surface area contributed by atoms with Crippen LogP contribution in [0.4, 0.5) is 0 Å². The summed E-state index contributed by atoms with van der Waals surface area (Å²) < 4.78 is 10.7. The molecule has 2 saturated heterocycles. The Kier molecular flexibility index (Phi) is 2.27. The molecule has 0 aromatic heterocycles. The number of rotatable bonds is 0. The summed E-state index contributed by atoms with van der Waals surface area (Å²) in [6, 6.07) is 0. The highest BCUT2D eigenvalue weighted by Gasteiger charge is 2.55. The first-order chi connectivity index (χ1) is 6.86. The lowest BCUT2D eigenvalue weighted by atomic mass is 9.94. The van der Waals surface area contributed by atoms with Crippen LogP contribution in [0, 0.1) is 0 Å². The molecule has 3 N–H and O–H groups in total. The van der Waals surface area contributed by atoms with E-state index >= 15 is 0 Å². The Balaban J connectivity index is 2.14. The zero-order chi connectivity index (χ0) is 11.3. The van der Waals surface area contributed by atoms with E-state index in [0.29, 0.717) is 0 Å². The van der Waals surface area contributed by atoms with Gasteiger partial charge in [-0.1, -0.05) is 0 Å². The zero-order valence-electron chi connectivity index (χ0n) is 8.69. The Morgan fingerprint density at radius 2 is 1.87 bits per heavy atom. The van der Waals surface area contributed by atoms with Crippen molar-refractivity contribution < 1.29 is 24.5 Å². The molecular weight excluding hydrogens is 202 g/mol. The SMILES string of the molecule is CC1(C)OCC2(CO1)NC(=O)[C@@H](O)[C@@H]2O. The van der Waals surface area contributed by atoms with Crippen LogP contribution < -0.4 is 5.32 Å². The minimum atomic E-state index is -1.40. The molecule has 0 unspecified atom stereocenters. The second-order valence-corrected chi connectivity index (χ2v) is 4.51. The van der Waals surface area contributed by atoms with Gasteiger partial charge in [0.25, 0.3) is 5.91 Å². The number of aliphatic hydroxyl groups is 2. The van der Waals surface area contributed by atoms with Crippen molar-refractivity contribution in [1.82, 2.24) is 5.32 Å². The predicted molar refractivity (Wildman–Crippen MR) is 48.9 cm³/mol. The molecule has 2 rings (SSSR count). The Morgan fingerprint density at radius 1 is 1.33 bits per heavy atom. The Bertz CT molecular complexity index is 280. The number of hydrogen-bond acceptors (Lipinski definition) is 5. The molecule has 1 spiro atoms. The average molecular weight is 217 g/mol. The minimum Gasteiger partial charge on any atom is -0.387 e. The number of amides is 1. The number of ether oxygens (including phenoxy) is 2. The van der Waals surface area contributed by atoms with Crippen LogP contribution >= 0.6 is 0 Å². The van der Waals surface area contributed by atoms with Gasteiger partial charge in [-0.2, -0.15) is 0 Å². The first-order valence-electron chi connectivity index (χ1n) is 4.82. The van der Waals surface area contributed by atoms with E-state index in [0.717, 1.165) is 0 Å². The highest BCUT2D eigenvalue weighted by molar-refractivity contribution is 5.85. The van der Waals surface area contributed by atoms with Gasteiger partial charge < -0.3 is 25.0 Å². The normalized spacial score (nSPS) is 38.0. The fourth-order valence-corrected chi connectivity index (χ4v) is 1.77. The van der Waals surface area contributed by atoms with Gasteiger partial charge in [-0.3, -0.25) is 4.79 Å². The van der Waals surface area contributed by atoms with Crippen LogP contribution in [0.2, 0.25) is 0 Å². The van der Waals surface area contributed by atoms with E-state index in [9.17, 15) is 15.0 Å². The molecular formula is C9H15NO5. The van der Waals surface area contributed by atoms with Gasteiger partial charge in [0.1, 0.15) is 11.6 Å². The average Bonchev–Trinajstić information content (AvgIpc) is 2.38. The Hall–Kier alpha value is -0.690. The summed E-state index contributed by atoms with van der Waals surface area (Å²) in [5, 5.41) is 21.6. The van der Waals surface area contributed by atoms with Gasteiger partial charge in [-0.15, -0.1) is 0 Å². The highest BCUT2D eigenvalue weighted by Crippen LogP contribution is 2.30. The molecule has 2 fully saturated rings. The molecule has 0 radical (unpaired) electrons. The van der Waals surface area contributed by atoms with Gasteiger partial charge in [0.05, 0.1) is 13.2 Å². The summed E-state index contributed by atoms with van der Waals surface area (Å²) in [6.45, 7) is 3.76. The number of hydrogen-bond donors (Lipinski definition) is 3. The largest absolute Gasteiger partial charge is 0.387 e. The molecule has 2 heterocycles. The molecule has 1 amide bonds. The number of carbonyl (C=O) groups is 1. The van der Waals surface area contributed by atoms with Gasteiger partial charge >= 0.3 is 0 Å². The van der Waals surface area contributed by atoms with Crippen molar-refractivity contribution >= 4 is 5.91 Å². The van der Waals surface area contributed by atoms with Gasteiger partial charge in [-0.25, -0.2) is 0 Å². The predicted octanol–water partition coefficient (Wildman–Crippen LogP) is -1.64. The standard InChI is InChI=1S/C9H15NO5/c1-8(2)14-3-9(4-15-8)6(12)5(11)7(13)10-9/h5-6,11-12H,3-4H2,1-2H3,(H,10,13)/t5-,6-/m0/s1. The molecule has 2 aliphatic rings. The molecule has 86 valence electrons. The number of aliphatic hydroxyl groups excluding tert-OH is 2. The molecule has 0 aromatic rings. The van der Waals surface area contributed by atoms with Crippen molar-refractivity contribution in [1.29, 1.82) is 0 Å². The Labute approximate surface area is 87.2 Å². The smallest absolute Gasteiger partial charge is 0.252 e. The first kappa shape index (κ1) is 10.8. The third-order valence-corrected chi connectivity index (χ3v) is 2.86. The maximum absolute atomic E-state index is 11.2. The van der Waals surface area contributed by atoms with Crippen molar-refractivity contribution in [3.05, 3.63) is 0 Å². The van der Waals surface area contributed by atoms with E-state index in [1.165, 1.54) is 0 Å². The second-order valence-electron chi connectivity index (χ2n) is 4.51. The molecule has 6 heteroatoms. The van der Waals surface area contributed by atoms with Crippen molar-refractivity contribution in [3.63, 3.8) is 0 Å². The first-order valence-corrected chi connectivity index (χ1v) is 4.82. The topological polar surface area (TPSA) is 88.0 Å². The van der Waals surface area contributed by atoms with Crippen LogP contribution in [0.15, 0.2) is 0 Å². The van der Waals surface area contributed by atoms with Crippen LogP contribution in [0.25, 0.3) is 0 Å². The van der Waals surface area contributed by atoms with Crippen LogP contribution in [-0.2, 0) is 14.3 Å². The van der Waals surface area contributed by atoms with E-state index in [-0.39, 0.29) is 13.2 Å². The van der Waals surface area contributed by atoms with Gasteiger partial charge in [0, 0.05) is 0 Å². The number of carbonyl (C=O) groups excluding carboxylic acids is 1. The van der Waals surface area contributed by atoms with Crippen LogP contribution in [0.3, 0.4) is 0 Å². The van der Waals surface area contributed by atoms with Crippen molar-refractivity contribution in [2.75, 3.05) is 13.2 Å². The van der Waals surface area contributed by atoms with Crippen LogP contribution in [-0.4, -0.2) is 52.9 Å². The molecule has 15 heavy (non-hydrogen) atoms. The zero-order valence-corrected chi connectivity index (χ0v) is 8.69. The van der Waals surface area contributed by atoms with Crippen molar-refractivity contribution in [2.45, 2.75) is 37.4 Å². The lowest BCUT2D eigenvalue weighted by molar-refractivity contribution is -0.279. The van der Waals surface area contributed by atoms with E-state index in [1.54, 1.807) is 13.8 Å². The quantitative estimate of drug-likeness (QED) is 0.453. The molecule has 2 aliphatic heterocycles. The molecule has 0 aliphatic carbocycles. The Morgan fingerprint density at radius 3 is 2.27 bits per heavy atom. The summed E-state index contributed by atoms with van der Waals surface area (Å²) in [4.78, 5) is 11.2. The third-order valence-electron chi connectivity index (χ3n) is 2.86. The maximum atomic E-state index is 11.2. The van der Waals surface area contributed by atoms with Gasteiger partial charge in [0.15, 0.2) is 11.9 Å². The number of nitrogens with one attached hydrogen (secondary N) is 1. The van der Waals surface area contributed by atoms with E-state index in [2.05, 4.69) is 5.32 Å². The highest BCUT2D eigenvalue weighted by atomic mass is 16.7. The molecule has 0 aromatic carbocycles. The summed E-state index contributed by atoms with van der Waals surface area (Å²) in [5.74, 6) is -1.31. The van der Waals surface area contributed by atoms with E-state index in [4.69, 9.17) is 9.47 Å². The molecule has 0 saturated carbocycles. The fraction of sp³-hybridized carbons (Fsp3) is 0.889. The summed E-state index contributed by atoms with van der Waals surface area (Å²) >= 11 is 0. The lowest BCUT2D eigenvalue weighted by Crippen LogP contribution is -2.62. The third kappa shape index (κ3) is 1.63. The molecule has 6 nitrogen and oxygen atoms in total. The van der Waals surface area contributed by atoms with Gasteiger partial charge in [0.2, 0.25) is 0 Å². The monoisotopic (exact) mass is 217 g/mol. The van der Waals surface area contributed by atoms with Crippen LogP contribution in [0.1, 0.15) is 13.8 Å². The van der Waals surface area contributed by atoms with Crippen LogP contribution in [0.5, 0.6) is 0 Å². The maximum Gasteiger partial charge on any atom is 0.252 e. The molecule has 2 atom stereocenters. The lowest BCUT2D eigenvalue weighted by Gasteiger charge is -2.42. The van der Waals surface area contributed by atoms with Crippen molar-refractivity contribution in [2.24, 2.45) is 0 Å².